The van der Waals surface area contributed by atoms with Crippen LogP contribution < -0.4 is 11.3 Å². The molecule has 0 radical (unpaired) electrons. The van der Waals surface area contributed by atoms with Crippen LogP contribution in [0.5, 0.6) is 0 Å². The number of nitrogens with two attached hydrogens (primary N) is 1. The minimum atomic E-state index is -0.593. The molecule has 0 fully saturated rings. The predicted molar refractivity (Wildman–Crippen MR) is 73.7 cm³/mol. The van der Waals surface area contributed by atoms with Gasteiger partial charge in [-0.3, -0.25) is 4.79 Å². The van der Waals surface area contributed by atoms with E-state index in [1.807, 2.05) is 12.1 Å². The smallest absolute Gasteiger partial charge is 0.248 e. The first-order chi connectivity index (χ1) is 9.04. The highest BCUT2D eigenvalue weighted by Gasteiger charge is 2.43. The van der Waals surface area contributed by atoms with Gasteiger partial charge in [0.2, 0.25) is 5.56 Å². The van der Waals surface area contributed by atoms with E-state index in [2.05, 4.69) is 18.0 Å². The predicted octanol–water partition coefficient (Wildman–Crippen LogP) is 0.970. The third-order valence-electron chi connectivity index (χ3n) is 4.17. The number of aromatic nitrogens is 1. The van der Waals surface area contributed by atoms with Crippen molar-refractivity contribution in [3.63, 3.8) is 0 Å². The summed E-state index contributed by atoms with van der Waals surface area (Å²) in [7, 11) is 0. The lowest BCUT2D eigenvalue weighted by Crippen LogP contribution is -2.48. The van der Waals surface area contributed by atoms with Crippen LogP contribution in [0, 0.1) is 5.92 Å². The van der Waals surface area contributed by atoms with Crippen LogP contribution in [0.2, 0.25) is 0 Å². The first-order valence-corrected chi connectivity index (χ1v) is 6.55. The highest BCUT2D eigenvalue weighted by Crippen LogP contribution is 2.47. The van der Waals surface area contributed by atoms with Gasteiger partial charge in [0.05, 0.1) is 12.1 Å². The topological polar surface area (TPSA) is 79.1 Å². The van der Waals surface area contributed by atoms with E-state index in [1.54, 1.807) is 0 Å². The number of aromatic amines is 1. The van der Waals surface area contributed by atoms with Gasteiger partial charge >= 0.3 is 0 Å². The van der Waals surface area contributed by atoms with Crippen molar-refractivity contribution in [1.29, 1.82) is 0 Å². The minimum absolute atomic E-state index is 0.00361. The maximum absolute atomic E-state index is 11.5. The van der Waals surface area contributed by atoms with Crippen molar-refractivity contribution in [2.45, 2.75) is 25.3 Å². The molecule has 0 amide bonds. The fourth-order valence-electron chi connectivity index (χ4n) is 3.53. The van der Waals surface area contributed by atoms with Crippen LogP contribution in [0.1, 0.15) is 24.6 Å². The van der Waals surface area contributed by atoms with Gasteiger partial charge in [0.25, 0.3) is 0 Å². The van der Waals surface area contributed by atoms with Crippen LogP contribution in [0.3, 0.4) is 0 Å². The molecule has 4 nitrogen and oxygen atoms in total. The maximum Gasteiger partial charge on any atom is 0.248 e. The van der Waals surface area contributed by atoms with Gasteiger partial charge in [-0.15, -0.1) is 0 Å². The summed E-state index contributed by atoms with van der Waals surface area (Å²) in [6, 6.07) is 3.35. The van der Waals surface area contributed by atoms with Gasteiger partial charge < -0.3 is 15.8 Å². The van der Waals surface area contributed by atoms with E-state index in [0.717, 1.165) is 29.7 Å². The summed E-state index contributed by atoms with van der Waals surface area (Å²) < 4.78 is 0. The highest BCUT2D eigenvalue weighted by atomic mass is 16.2. The molecule has 2 atom stereocenters. The van der Waals surface area contributed by atoms with E-state index in [-0.39, 0.29) is 18.1 Å². The Morgan fingerprint density at radius 2 is 2.37 bits per heavy atom. The third kappa shape index (κ3) is 1.79. The normalized spacial score (nSPS) is 31.0. The molecule has 0 spiro atoms. The van der Waals surface area contributed by atoms with Crippen LogP contribution in [0.4, 0.5) is 0 Å². The summed E-state index contributed by atoms with van der Waals surface area (Å²) >= 11 is 0. The van der Waals surface area contributed by atoms with Gasteiger partial charge in [0.15, 0.2) is 0 Å². The van der Waals surface area contributed by atoms with Crippen LogP contribution in [0.15, 0.2) is 40.2 Å². The van der Waals surface area contributed by atoms with Gasteiger partial charge in [0.1, 0.15) is 0 Å². The molecule has 0 aliphatic heterocycles. The number of allylic oxidation sites excluding steroid dienone is 1. The van der Waals surface area contributed by atoms with E-state index in [1.165, 1.54) is 11.6 Å². The molecule has 0 unspecified atom stereocenters. The lowest BCUT2D eigenvalue weighted by atomic mass is 9.63. The number of aliphatic hydroxyl groups is 1. The Morgan fingerprint density at radius 3 is 3.11 bits per heavy atom. The fraction of sp³-hybridized carbons (Fsp3) is 0.400. The molecule has 1 aromatic heterocycles. The first kappa shape index (κ1) is 12.4. The summed E-state index contributed by atoms with van der Waals surface area (Å²) in [5.74, 6) is 0.177. The quantitative estimate of drug-likeness (QED) is 0.657. The zero-order valence-electron chi connectivity index (χ0n) is 10.9. The summed E-state index contributed by atoms with van der Waals surface area (Å²) in [5, 5.41) is 9.24. The molecule has 4 heteroatoms. The Hall–Kier alpha value is -1.65. The molecular formula is C15H18N2O2. The Bertz CT molecular complexity index is 642. The molecule has 2 aliphatic rings. The third-order valence-corrected chi connectivity index (χ3v) is 4.17. The van der Waals surface area contributed by atoms with Gasteiger partial charge in [-0.25, -0.2) is 0 Å². The maximum atomic E-state index is 11.5. The SMILES string of the molecule is CC1=C[C@H]2Cc3[nH]c(=O)ccc3[C@](N)(C1)/C2=C/CO. The van der Waals surface area contributed by atoms with Crippen molar-refractivity contribution in [2.24, 2.45) is 11.7 Å². The summed E-state index contributed by atoms with van der Waals surface area (Å²) in [4.78, 5) is 14.4. The van der Waals surface area contributed by atoms with Crippen LogP contribution >= 0.6 is 0 Å². The second-order valence-electron chi connectivity index (χ2n) is 5.53. The van der Waals surface area contributed by atoms with Crippen molar-refractivity contribution < 1.29 is 5.11 Å². The average Bonchev–Trinajstić information content (AvgIpc) is 2.32. The molecule has 100 valence electrons. The standard InChI is InChI=1S/C15H18N2O2/c1-9-6-10-7-13-12(2-3-14(19)17-13)15(16,8-9)11(10)4-5-18/h2-4,6,10,18H,5,7-8,16H2,1H3,(H,17,19)/b11-4+/t10-,15-/m0/s1. The van der Waals surface area contributed by atoms with Gasteiger partial charge in [-0.1, -0.05) is 17.7 Å². The minimum Gasteiger partial charge on any atom is -0.392 e. The largest absolute Gasteiger partial charge is 0.392 e. The first-order valence-electron chi connectivity index (χ1n) is 6.55. The van der Waals surface area contributed by atoms with Crippen LogP contribution in [0.25, 0.3) is 0 Å². The lowest BCUT2D eigenvalue weighted by Gasteiger charge is -2.45. The van der Waals surface area contributed by atoms with Crippen LogP contribution in [-0.2, 0) is 12.0 Å². The molecule has 2 bridgehead atoms. The van der Waals surface area contributed by atoms with Gasteiger partial charge in [-0.05, 0) is 37.0 Å². The van der Waals surface area contributed by atoms with Crippen molar-refractivity contribution in [2.75, 3.05) is 6.61 Å². The number of H-pyrrole nitrogens is 1. The van der Waals surface area contributed by atoms with Crippen LogP contribution in [-0.4, -0.2) is 16.7 Å². The van der Waals surface area contributed by atoms with E-state index in [0.29, 0.717) is 0 Å². The van der Waals surface area contributed by atoms with Crippen molar-refractivity contribution in [3.05, 3.63) is 57.0 Å². The monoisotopic (exact) mass is 258 g/mol. The Balaban J connectivity index is 2.25. The molecule has 0 saturated heterocycles. The van der Waals surface area contributed by atoms with E-state index < -0.39 is 5.54 Å². The zero-order valence-corrected chi connectivity index (χ0v) is 10.9. The number of hydrogen-bond acceptors (Lipinski definition) is 3. The number of nitrogens with one attached hydrogen (secondary N) is 1. The number of rotatable bonds is 1. The second-order valence-corrected chi connectivity index (χ2v) is 5.53. The average molecular weight is 258 g/mol. The molecule has 2 aliphatic carbocycles. The summed E-state index contributed by atoms with van der Waals surface area (Å²) in [6.45, 7) is 2.08. The van der Waals surface area contributed by atoms with Crippen molar-refractivity contribution in [3.8, 4) is 0 Å². The number of hydrogen-bond donors (Lipinski definition) is 3. The van der Waals surface area contributed by atoms with Crippen molar-refractivity contribution >= 4 is 0 Å². The highest BCUT2D eigenvalue weighted by molar-refractivity contribution is 5.49. The zero-order chi connectivity index (χ0) is 13.6. The molecule has 3 rings (SSSR count). The van der Waals surface area contributed by atoms with E-state index in [4.69, 9.17) is 5.73 Å². The lowest BCUT2D eigenvalue weighted by molar-refractivity contribution is 0.332. The molecule has 0 aromatic carbocycles. The molecule has 1 heterocycles. The van der Waals surface area contributed by atoms with E-state index >= 15 is 0 Å². The second kappa shape index (κ2) is 4.18. The number of aliphatic hydroxyl groups excluding tert-OH is 1. The summed E-state index contributed by atoms with van der Waals surface area (Å²) in [6.07, 6.45) is 5.49. The molecular weight excluding hydrogens is 240 g/mol. The number of fused-ring (bicyclic) bond motifs is 4. The Kier molecular flexibility index (Phi) is 2.73. The Labute approximate surface area is 111 Å². The molecule has 19 heavy (non-hydrogen) atoms. The summed E-state index contributed by atoms with van der Waals surface area (Å²) in [5.41, 5.74) is 10.2. The van der Waals surface area contributed by atoms with Gasteiger partial charge in [-0.2, -0.15) is 0 Å². The Morgan fingerprint density at radius 1 is 1.58 bits per heavy atom. The molecule has 0 saturated carbocycles. The van der Waals surface area contributed by atoms with Gasteiger partial charge in [0, 0.05) is 17.7 Å². The fourth-order valence-corrected chi connectivity index (χ4v) is 3.53. The molecule has 4 N–H and O–H groups in total. The molecule has 1 aromatic rings. The number of pyridine rings is 1. The van der Waals surface area contributed by atoms with Crippen molar-refractivity contribution in [1.82, 2.24) is 4.98 Å². The van der Waals surface area contributed by atoms with E-state index in [9.17, 15) is 9.90 Å².